The van der Waals surface area contributed by atoms with Crippen LogP contribution < -0.4 is 0 Å². The first-order valence-electron chi connectivity index (χ1n) is 12.6. The van der Waals surface area contributed by atoms with Gasteiger partial charge < -0.3 is 0 Å². The van der Waals surface area contributed by atoms with Gasteiger partial charge in [0, 0.05) is 5.02 Å². The van der Waals surface area contributed by atoms with Crippen molar-refractivity contribution < 1.29 is 21.6 Å². The van der Waals surface area contributed by atoms with E-state index in [0.29, 0.717) is 22.6 Å². The Labute approximate surface area is 230 Å². The molecule has 0 saturated heterocycles. The molecular formula is C32H24ClF3O2S. The minimum absolute atomic E-state index is 0.140. The monoisotopic (exact) mass is 564 g/mol. The Morgan fingerprint density at radius 1 is 0.821 bits per heavy atom. The lowest BCUT2D eigenvalue weighted by atomic mass is 9.78. The number of aryl methyl sites for hydroxylation is 1. The summed E-state index contributed by atoms with van der Waals surface area (Å²) in [5.41, 5.74) is 1.84. The summed E-state index contributed by atoms with van der Waals surface area (Å²) in [5.74, 6) is -0.140. The molecule has 5 aromatic rings. The molecule has 0 heterocycles. The number of fused-ring (bicyclic) bond motifs is 5. The van der Waals surface area contributed by atoms with E-state index in [-0.39, 0.29) is 17.2 Å². The SMILES string of the molecule is Cc1ccc(C(F)(F)F)cc1S(=O)(=O)C1CC(c2ccc(Cl)cc2)Cc2ccc3c(ccc4ccccc43)c21. The Morgan fingerprint density at radius 3 is 2.28 bits per heavy atom. The molecule has 0 saturated carbocycles. The summed E-state index contributed by atoms with van der Waals surface area (Å²) in [7, 11) is -4.21. The van der Waals surface area contributed by atoms with E-state index >= 15 is 0 Å². The van der Waals surface area contributed by atoms with Crippen LogP contribution in [0.5, 0.6) is 0 Å². The van der Waals surface area contributed by atoms with Crippen molar-refractivity contribution in [2.24, 2.45) is 0 Å². The zero-order chi connectivity index (χ0) is 27.5. The third kappa shape index (κ3) is 4.50. The van der Waals surface area contributed by atoms with Crippen LogP contribution in [0.25, 0.3) is 21.5 Å². The lowest BCUT2D eigenvalue weighted by Crippen LogP contribution is -2.25. The first-order chi connectivity index (χ1) is 18.5. The van der Waals surface area contributed by atoms with Gasteiger partial charge in [0.15, 0.2) is 9.84 Å². The van der Waals surface area contributed by atoms with Crippen LogP contribution in [-0.2, 0) is 22.4 Å². The van der Waals surface area contributed by atoms with Crippen molar-refractivity contribution >= 4 is 43.0 Å². The molecule has 0 amide bonds. The fourth-order valence-corrected chi connectivity index (χ4v) is 8.26. The molecule has 0 fully saturated rings. The van der Waals surface area contributed by atoms with Gasteiger partial charge in [-0.15, -0.1) is 0 Å². The third-order valence-electron chi connectivity index (χ3n) is 7.88. The maximum absolute atomic E-state index is 14.4. The van der Waals surface area contributed by atoms with Crippen LogP contribution in [0.15, 0.2) is 95.9 Å². The topological polar surface area (TPSA) is 34.1 Å². The number of sulfone groups is 1. The van der Waals surface area contributed by atoms with Crippen LogP contribution in [-0.4, -0.2) is 8.42 Å². The zero-order valence-electron chi connectivity index (χ0n) is 21.0. The van der Waals surface area contributed by atoms with Gasteiger partial charge >= 0.3 is 6.18 Å². The van der Waals surface area contributed by atoms with Crippen LogP contribution in [0.3, 0.4) is 0 Å². The van der Waals surface area contributed by atoms with E-state index < -0.39 is 26.8 Å². The van der Waals surface area contributed by atoms with E-state index in [1.54, 1.807) is 19.1 Å². The molecule has 0 aromatic heterocycles. The molecule has 1 aliphatic carbocycles. The Morgan fingerprint density at radius 2 is 1.54 bits per heavy atom. The van der Waals surface area contributed by atoms with Crippen molar-refractivity contribution in [3.05, 3.63) is 124 Å². The summed E-state index contributed by atoms with van der Waals surface area (Å²) in [6.07, 6.45) is -3.79. The third-order valence-corrected chi connectivity index (χ3v) is 10.4. The van der Waals surface area contributed by atoms with E-state index in [1.165, 1.54) is 6.07 Å². The number of benzene rings is 5. The first kappa shape index (κ1) is 25.9. The normalized spacial score (nSPS) is 17.9. The van der Waals surface area contributed by atoms with Crippen LogP contribution in [0, 0.1) is 6.92 Å². The fourth-order valence-electron chi connectivity index (χ4n) is 5.95. The predicted octanol–water partition coefficient (Wildman–Crippen LogP) is 9.22. The highest BCUT2D eigenvalue weighted by atomic mass is 35.5. The molecule has 0 spiro atoms. The molecule has 0 N–H and O–H groups in total. The van der Waals surface area contributed by atoms with E-state index in [2.05, 4.69) is 0 Å². The van der Waals surface area contributed by atoms with Gasteiger partial charge in [-0.2, -0.15) is 13.2 Å². The lowest BCUT2D eigenvalue weighted by molar-refractivity contribution is -0.137. The standard InChI is InChI=1S/C32H24ClF3O2S/c1-19-6-11-24(32(34,35)36)18-29(19)39(37,38)30-17-23(20-7-12-25(33)13-8-20)16-22-10-14-27-26-5-3-2-4-21(26)9-15-28(27)31(22)30/h2-15,18,23,30H,16-17H2,1H3. The average molecular weight is 565 g/mol. The Hall–Kier alpha value is -3.35. The van der Waals surface area contributed by atoms with Gasteiger partial charge in [0.1, 0.15) is 0 Å². The van der Waals surface area contributed by atoms with Gasteiger partial charge in [0.2, 0.25) is 0 Å². The zero-order valence-corrected chi connectivity index (χ0v) is 22.5. The number of halogens is 4. The maximum atomic E-state index is 14.4. The van der Waals surface area contributed by atoms with Gasteiger partial charge in [0.25, 0.3) is 0 Å². The van der Waals surface area contributed by atoms with Crippen molar-refractivity contribution in [2.45, 2.75) is 42.0 Å². The van der Waals surface area contributed by atoms with Crippen LogP contribution >= 0.6 is 11.6 Å². The van der Waals surface area contributed by atoms with Gasteiger partial charge in [-0.1, -0.05) is 78.3 Å². The number of hydrogen-bond donors (Lipinski definition) is 0. The molecule has 5 aromatic carbocycles. The summed E-state index contributed by atoms with van der Waals surface area (Å²) in [5, 5.41) is 3.35. The van der Waals surface area contributed by atoms with Gasteiger partial charge in [-0.05, 0) is 93.7 Å². The maximum Gasteiger partial charge on any atom is 0.416 e. The van der Waals surface area contributed by atoms with E-state index in [0.717, 1.165) is 44.8 Å². The minimum Gasteiger partial charge on any atom is -0.223 e. The van der Waals surface area contributed by atoms with E-state index in [9.17, 15) is 21.6 Å². The van der Waals surface area contributed by atoms with Gasteiger partial charge in [-0.3, -0.25) is 0 Å². The quantitative estimate of drug-likeness (QED) is 0.205. The summed E-state index contributed by atoms with van der Waals surface area (Å²) in [6.45, 7) is 1.55. The summed E-state index contributed by atoms with van der Waals surface area (Å²) in [4.78, 5) is -0.275. The molecule has 0 bridgehead atoms. The predicted molar refractivity (Wildman–Crippen MR) is 150 cm³/mol. The second kappa shape index (κ2) is 9.39. The highest BCUT2D eigenvalue weighted by Gasteiger charge is 2.40. The Balaban J connectivity index is 1.60. The molecule has 6 rings (SSSR count). The number of alkyl halides is 3. The number of hydrogen-bond acceptors (Lipinski definition) is 2. The molecule has 2 unspecified atom stereocenters. The molecule has 0 aliphatic heterocycles. The highest BCUT2D eigenvalue weighted by molar-refractivity contribution is 7.91. The van der Waals surface area contributed by atoms with Crippen molar-refractivity contribution in [3.8, 4) is 0 Å². The molecule has 198 valence electrons. The van der Waals surface area contributed by atoms with Crippen molar-refractivity contribution in [1.82, 2.24) is 0 Å². The second-order valence-electron chi connectivity index (χ2n) is 10.2. The van der Waals surface area contributed by atoms with Crippen molar-refractivity contribution in [2.75, 3.05) is 0 Å². The van der Waals surface area contributed by atoms with E-state index in [4.69, 9.17) is 11.6 Å². The Kier molecular flexibility index (Phi) is 6.23. The summed E-state index contributed by atoms with van der Waals surface area (Å²) >= 11 is 6.11. The van der Waals surface area contributed by atoms with Gasteiger partial charge in [-0.25, -0.2) is 8.42 Å². The highest BCUT2D eigenvalue weighted by Crippen LogP contribution is 2.49. The molecular weight excluding hydrogens is 541 g/mol. The molecule has 2 nitrogen and oxygen atoms in total. The summed E-state index contributed by atoms with van der Waals surface area (Å²) in [6, 6.07) is 26.1. The van der Waals surface area contributed by atoms with Gasteiger partial charge in [0.05, 0.1) is 15.7 Å². The van der Waals surface area contributed by atoms with Crippen LogP contribution in [0.1, 0.15) is 45.4 Å². The molecule has 0 radical (unpaired) electrons. The Bertz CT molecular complexity index is 1840. The molecule has 2 atom stereocenters. The summed E-state index contributed by atoms with van der Waals surface area (Å²) < 4.78 is 69.7. The smallest absolute Gasteiger partial charge is 0.223 e. The van der Waals surface area contributed by atoms with Crippen molar-refractivity contribution in [3.63, 3.8) is 0 Å². The van der Waals surface area contributed by atoms with Crippen LogP contribution in [0.2, 0.25) is 5.02 Å². The molecule has 7 heteroatoms. The largest absolute Gasteiger partial charge is 0.416 e. The fraction of sp³-hybridized carbons (Fsp3) is 0.188. The average Bonchev–Trinajstić information content (AvgIpc) is 2.91. The van der Waals surface area contributed by atoms with Crippen molar-refractivity contribution in [1.29, 1.82) is 0 Å². The molecule has 1 aliphatic rings. The van der Waals surface area contributed by atoms with E-state index in [1.807, 2.05) is 60.7 Å². The second-order valence-corrected chi connectivity index (χ2v) is 12.8. The first-order valence-corrected chi connectivity index (χ1v) is 14.6. The number of rotatable bonds is 3. The lowest BCUT2D eigenvalue weighted by Gasteiger charge is -2.33. The molecule has 39 heavy (non-hydrogen) atoms. The minimum atomic E-state index is -4.65. The van der Waals surface area contributed by atoms with Crippen LogP contribution in [0.4, 0.5) is 13.2 Å².